The lowest BCUT2D eigenvalue weighted by Crippen LogP contribution is -2.37. The van der Waals surface area contributed by atoms with Crippen LogP contribution in [0.2, 0.25) is 0 Å². The number of methoxy groups -OCH3 is 2. The maximum atomic E-state index is 12.3. The van der Waals surface area contributed by atoms with E-state index in [0.29, 0.717) is 12.8 Å². The van der Waals surface area contributed by atoms with Crippen molar-refractivity contribution in [3.8, 4) is 11.5 Å². The highest BCUT2D eigenvalue weighted by atomic mass is 16.6. The van der Waals surface area contributed by atoms with Crippen molar-refractivity contribution >= 4 is 24.1 Å². The summed E-state index contributed by atoms with van der Waals surface area (Å²) in [4.78, 5) is 24.6. The van der Waals surface area contributed by atoms with Crippen LogP contribution in [0.3, 0.4) is 0 Å². The molecule has 0 heterocycles. The number of benzene rings is 2. The zero-order chi connectivity index (χ0) is 22.8. The summed E-state index contributed by atoms with van der Waals surface area (Å²) in [5, 5.41) is 0. The zero-order valence-corrected chi connectivity index (χ0v) is 18.4. The van der Waals surface area contributed by atoms with Crippen LogP contribution in [0.5, 0.6) is 11.5 Å². The van der Waals surface area contributed by atoms with Crippen LogP contribution in [-0.4, -0.2) is 38.4 Å². The van der Waals surface area contributed by atoms with Gasteiger partial charge in [0, 0.05) is 12.2 Å². The normalized spacial score (nSPS) is 18.4. The van der Waals surface area contributed by atoms with E-state index >= 15 is 0 Å². The van der Waals surface area contributed by atoms with E-state index in [2.05, 4.69) is 0 Å². The molecule has 0 aliphatic heterocycles. The number of carbonyl (C=O) groups excluding carboxylic acids is 2. The summed E-state index contributed by atoms with van der Waals surface area (Å²) >= 11 is 0. The first-order chi connectivity index (χ1) is 15.6. The van der Waals surface area contributed by atoms with Gasteiger partial charge in [0.2, 0.25) is 0 Å². The molecular weight excluding hydrogens is 408 g/mol. The summed E-state index contributed by atoms with van der Waals surface area (Å²) in [5.74, 6) is 0.584. The molecule has 1 aliphatic carbocycles. The molecular formula is C26H28O6. The van der Waals surface area contributed by atoms with Crippen molar-refractivity contribution in [1.82, 2.24) is 0 Å². The monoisotopic (exact) mass is 436 g/mol. The Bertz CT molecular complexity index is 864. The van der Waals surface area contributed by atoms with Gasteiger partial charge in [0.25, 0.3) is 0 Å². The number of hydrogen-bond acceptors (Lipinski definition) is 6. The SMILES string of the molecule is COc1ccc(/C=C/C(=O)O[C@@H]2CCCC[C@H]2OC(=O)/C=C/c2ccc(OC)cc2)cc1. The third-order valence-electron chi connectivity index (χ3n) is 5.23. The zero-order valence-electron chi connectivity index (χ0n) is 18.4. The summed E-state index contributed by atoms with van der Waals surface area (Å²) in [5.41, 5.74) is 1.72. The second kappa shape index (κ2) is 11.7. The minimum atomic E-state index is -0.456. The van der Waals surface area contributed by atoms with E-state index in [9.17, 15) is 9.59 Å². The summed E-state index contributed by atoms with van der Waals surface area (Å²) in [6.45, 7) is 0. The molecule has 168 valence electrons. The topological polar surface area (TPSA) is 71.1 Å². The van der Waals surface area contributed by atoms with Crippen LogP contribution >= 0.6 is 0 Å². The van der Waals surface area contributed by atoms with E-state index < -0.39 is 24.1 Å². The van der Waals surface area contributed by atoms with Crippen LogP contribution in [0.1, 0.15) is 36.8 Å². The van der Waals surface area contributed by atoms with Gasteiger partial charge >= 0.3 is 11.9 Å². The fraction of sp³-hybridized carbons (Fsp3) is 0.308. The summed E-state index contributed by atoms with van der Waals surface area (Å²) in [6.07, 6.45) is 8.44. The van der Waals surface area contributed by atoms with E-state index in [-0.39, 0.29) is 0 Å². The van der Waals surface area contributed by atoms with Crippen molar-refractivity contribution in [2.45, 2.75) is 37.9 Å². The Labute approximate surface area is 188 Å². The van der Waals surface area contributed by atoms with Crippen molar-refractivity contribution in [2.75, 3.05) is 14.2 Å². The Balaban J connectivity index is 1.53. The van der Waals surface area contributed by atoms with Crippen molar-refractivity contribution in [3.63, 3.8) is 0 Å². The molecule has 1 saturated carbocycles. The molecule has 0 aromatic heterocycles. The molecule has 0 saturated heterocycles. The van der Waals surface area contributed by atoms with Gasteiger partial charge in [-0.15, -0.1) is 0 Å². The van der Waals surface area contributed by atoms with Crippen molar-refractivity contribution in [2.24, 2.45) is 0 Å². The highest BCUT2D eigenvalue weighted by molar-refractivity contribution is 5.88. The smallest absolute Gasteiger partial charge is 0.331 e. The highest BCUT2D eigenvalue weighted by Crippen LogP contribution is 2.25. The van der Waals surface area contributed by atoms with Crippen molar-refractivity contribution < 1.29 is 28.5 Å². The average Bonchev–Trinajstić information content (AvgIpc) is 2.83. The maximum Gasteiger partial charge on any atom is 0.331 e. The average molecular weight is 437 g/mol. The van der Waals surface area contributed by atoms with Gasteiger partial charge in [-0.3, -0.25) is 0 Å². The summed E-state index contributed by atoms with van der Waals surface area (Å²) < 4.78 is 21.4. The van der Waals surface area contributed by atoms with E-state index in [4.69, 9.17) is 18.9 Å². The Kier molecular flexibility index (Phi) is 8.49. The van der Waals surface area contributed by atoms with Crippen LogP contribution in [0.4, 0.5) is 0 Å². The standard InChI is InChI=1S/C26H28O6/c1-29-21-13-7-19(8-14-21)11-17-25(27)31-23-5-3-4-6-24(23)32-26(28)18-12-20-9-15-22(30-2)16-10-20/h7-18,23-24H,3-6H2,1-2H3/b17-11+,18-12+/t23-,24-/m1/s1. The van der Waals surface area contributed by atoms with Gasteiger partial charge in [-0.05, 0) is 73.2 Å². The van der Waals surface area contributed by atoms with Gasteiger partial charge < -0.3 is 18.9 Å². The predicted molar refractivity (Wildman–Crippen MR) is 122 cm³/mol. The lowest BCUT2D eigenvalue weighted by molar-refractivity contribution is -0.165. The third-order valence-corrected chi connectivity index (χ3v) is 5.23. The number of carbonyl (C=O) groups is 2. The second-order valence-corrected chi connectivity index (χ2v) is 7.45. The van der Waals surface area contributed by atoms with Gasteiger partial charge in [0.15, 0.2) is 0 Å². The molecule has 0 N–H and O–H groups in total. The fourth-order valence-electron chi connectivity index (χ4n) is 3.47. The lowest BCUT2D eigenvalue weighted by atomic mass is 9.94. The molecule has 2 aromatic carbocycles. The number of hydrogen-bond donors (Lipinski definition) is 0. The van der Waals surface area contributed by atoms with Crippen LogP contribution in [0.15, 0.2) is 60.7 Å². The number of ether oxygens (including phenoxy) is 4. The largest absolute Gasteiger partial charge is 0.497 e. The van der Waals surface area contributed by atoms with Crippen LogP contribution < -0.4 is 9.47 Å². The van der Waals surface area contributed by atoms with E-state index in [1.54, 1.807) is 26.4 Å². The molecule has 3 rings (SSSR count). The van der Waals surface area contributed by atoms with Gasteiger partial charge in [-0.2, -0.15) is 0 Å². The molecule has 2 aromatic rings. The molecule has 6 nitrogen and oxygen atoms in total. The Morgan fingerprint density at radius 1 is 0.688 bits per heavy atom. The Morgan fingerprint density at radius 2 is 1.06 bits per heavy atom. The molecule has 2 atom stereocenters. The quantitative estimate of drug-likeness (QED) is 0.436. The maximum absolute atomic E-state index is 12.3. The van der Waals surface area contributed by atoms with Crippen LogP contribution in [0.25, 0.3) is 12.2 Å². The van der Waals surface area contributed by atoms with Gasteiger partial charge in [0.1, 0.15) is 23.7 Å². The molecule has 6 heteroatoms. The first-order valence-corrected chi connectivity index (χ1v) is 10.6. The van der Waals surface area contributed by atoms with Crippen molar-refractivity contribution in [3.05, 3.63) is 71.8 Å². The first kappa shape index (κ1) is 23.1. The molecule has 1 aliphatic rings. The Morgan fingerprint density at radius 3 is 1.41 bits per heavy atom. The molecule has 0 unspecified atom stereocenters. The molecule has 0 bridgehead atoms. The highest BCUT2D eigenvalue weighted by Gasteiger charge is 2.30. The van der Waals surface area contributed by atoms with Crippen LogP contribution in [0, 0.1) is 0 Å². The second-order valence-electron chi connectivity index (χ2n) is 7.45. The Hall–Kier alpha value is -3.54. The minimum absolute atomic E-state index is 0.449. The molecule has 0 amide bonds. The van der Waals surface area contributed by atoms with E-state index in [1.807, 2.05) is 48.5 Å². The molecule has 0 radical (unpaired) electrons. The number of esters is 2. The van der Waals surface area contributed by atoms with E-state index in [1.165, 1.54) is 12.2 Å². The first-order valence-electron chi connectivity index (χ1n) is 10.6. The molecule has 0 spiro atoms. The summed E-state index contributed by atoms with van der Waals surface area (Å²) in [7, 11) is 3.20. The fourth-order valence-corrected chi connectivity index (χ4v) is 3.47. The van der Waals surface area contributed by atoms with Gasteiger partial charge in [-0.25, -0.2) is 9.59 Å². The minimum Gasteiger partial charge on any atom is -0.497 e. The van der Waals surface area contributed by atoms with Gasteiger partial charge in [-0.1, -0.05) is 24.3 Å². The van der Waals surface area contributed by atoms with Gasteiger partial charge in [0.05, 0.1) is 14.2 Å². The van der Waals surface area contributed by atoms with Crippen LogP contribution in [-0.2, 0) is 19.1 Å². The number of rotatable bonds is 8. The van der Waals surface area contributed by atoms with E-state index in [0.717, 1.165) is 35.5 Å². The third kappa shape index (κ3) is 7.01. The summed E-state index contributed by atoms with van der Waals surface area (Å²) in [6, 6.07) is 14.7. The molecule has 1 fully saturated rings. The van der Waals surface area contributed by atoms with Crippen molar-refractivity contribution in [1.29, 1.82) is 0 Å². The molecule has 32 heavy (non-hydrogen) atoms. The lowest BCUT2D eigenvalue weighted by Gasteiger charge is -2.30. The predicted octanol–water partition coefficient (Wildman–Crippen LogP) is 4.83.